The van der Waals surface area contributed by atoms with Crippen LogP contribution in [0.4, 0.5) is 8.78 Å². The van der Waals surface area contributed by atoms with Crippen LogP contribution in [-0.4, -0.2) is 22.7 Å². The van der Waals surface area contributed by atoms with Gasteiger partial charge in [-0.15, -0.1) is 0 Å². The van der Waals surface area contributed by atoms with Crippen molar-refractivity contribution in [3.8, 4) is 5.75 Å². The molecule has 1 atom stereocenters. The Balaban J connectivity index is 2.66. The summed E-state index contributed by atoms with van der Waals surface area (Å²) in [5.41, 5.74) is 5.43. The average Bonchev–Trinajstić information content (AvgIpc) is 2.38. The van der Waals surface area contributed by atoms with Gasteiger partial charge in [0, 0.05) is 5.56 Å². The van der Waals surface area contributed by atoms with E-state index < -0.39 is 18.6 Å². The Morgan fingerprint density at radius 3 is 2.50 bits per heavy atom. The van der Waals surface area contributed by atoms with Crippen LogP contribution in [0.1, 0.15) is 11.6 Å². The smallest absolute Gasteiger partial charge is 0.289 e. The predicted octanol–water partition coefficient (Wildman–Crippen LogP) is 2.17. The molecule has 0 bridgehead atoms. The highest BCUT2D eigenvalue weighted by Crippen LogP contribution is 2.38. The first-order valence-corrected chi connectivity index (χ1v) is 5.42. The Kier molecular flexibility index (Phi) is 3.19. The van der Waals surface area contributed by atoms with Crippen molar-refractivity contribution >= 4 is 10.8 Å². The number of alkyl halides is 2. The Morgan fingerprint density at radius 2 is 1.83 bits per heavy atom. The van der Waals surface area contributed by atoms with Gasteiger partial charge in [0.05, 0.1) is 0 Å². The van der Waals surface area contributed by atoms with E-state index in [2.05, 4.69) is 0 Å². The van der Waals surface area contributed by atoms with Gasteiger partial charge in [-0.25, -0.2) is 8.78 Å². The van der Waals surface area contributed by atoms with Crippen molar-refractivity contribution in [1.29, 1.82) is 0 Å². The van der Waals surface area contributed by atoms with E-state index in [4.69, 9.17) is 10.8 Å². The Morgan fingerprint density at radius 1 is 1.17 bits per heavy atom. The molecule has 3 nitrogen and oxygen atoms in total. The van der Waals surface area contributed by atoms with E-state index in [0.29, 0.717) is 10.8 Å². The van der Waals surface area contributed by atoms with Gasteiger partial charge in [-0.05, 0) is 16.8 Å². The van der Waals surface area contributed by atoms with E-state index >= 15 is 0 Å². The number of fused-ring (bicyclic) bond motifs is 1. The first kappa shape index (κ1) is 12.7. The van der Waals surface area contributed by atoms with Gasteiger partial charge in [0.1, 0.15) is 18.4 Å². The van der Waals surface area contributed by atoms with Crippen LogP contribution in [0.3, 0.4) is 0 Å². The zero-order valence-corrected chi connectivity index (χ0v) is 9.48. The van der Waals surface area contributed by atoms with Gasteiger partial charge in [-0.1, -0.05) is 30.3 Å². The molecule has 0 spiro atoms. The maximum Gasteiger partial charge on any atom is 0.289 e. The predicted molar refractivity (Wildman–Crippen MR) is 64.6 cm³/mol. The summed E-state index contributed by atoms with van der Waals surface area (Å²) in [6, 6.07) is 7.98. The highest BCUT2D eigenvalue weighted by atomic mass is 19.3. The quantitative estimate of drug-likeness (QED) is 0.785. The monoisotopic (exact) mass is 253 g/mol. The lowest BCUT2D eigenvalue weighted by Crippen LogP contribution is -2.36. The molecule has 0 aliphatic carbocycles. The van der Waals surface area contributed by atoms with Gasteiger partial charge >= 0.3 is 0 Å². The zero-order chi connectivity index (χ0) is 13.3. The number of hydrogen-bond donors (Lipinski definition) is 3. The van der Waals surface area contributed by atoms with E-state index in [-0.39, 0.29) is 11.3 Å². The van der Waals surface area contributed by atoms with Gasteiger partial charge in [0.15, 0.2) is 0 Å². The minimum absolute atomic E-state index is 0.0489. The second kappa shape index (κ2) is 4.51. The maximum absolute atomic E-state index is 13.5. The van der Waals surface area contributed by atoms with Crippen LogP contribution in [0.15, 0.2) is 36.4 Å². The standard InChI is InChI=1S/C13H13F2NO2/c14-13(15,7-17)12(16)11-9-4-2-1-3-8(9)5-6-10(11)18/h1-6,12,17-18H,7,16H2/t12-/m0/s1. The number of nitrogens with two attached hydrogens (primary N) is 1. The minimum atomic E-state index is -3.48. The fraction of sp³-hybridized carbons (Fsp3) is 0.231. The lowest BCUT2D eigenvalue weighted by Gasteiger charge is -2.23. The van der Waals surface area contributed by atoms with Crippen molar-refractivity contribution in [3.63, 3.8) is 0 Å². The van der Waals surface area contributed by atoms with Crippen molar-refractivity contribution in [3.05, 3.63) is 42.0 Å². The summed E-state index contributed by atoms with van der Waals surface area (Å²) in [6.45, 7) is -1.36. The third kappa shape index (κ3) is 2.02. The first-order chi connectivity index (χ1) is 8.47. The van der Waals surface area contributed by atoms with Gasteiger partial charge < -0.3 is 15.9 Å². The molecule has 0 aliphatic heterocycles. The van der Waals surface area contributed by atoms with Crippen molar-refractivity contribution in [2.45, 2.75) is 12.0 Å². The molecule has 0 amide bonds. The summed E-state index contributed by atoms with van der Waals surface area (Å²) in [4.78, 5) is 0. The molecule has 0 unspecified atom stereocenters. The second-order valence-corrected chi connectivity index (χ2v) is 4.12. The van der Waals surface area contributed by atoms with Crippen LogP contribution in [-0.2, 0) is 0 Å². The number of phenols is 1. The fourth-order valence-electron chi connectivity index (χ4n) is 1.92. The van der Waals surface area contributed by atoms with Gasteiger partial charge in [0.2, 0.25) is 0 Å². The van der Waals surface area contributed by atoms with E-state index in [1.165, 1.54) is 6.07 Å². The van der Waals surface area contributed by atoms with Crippen LogP contribution in [0.2, 0.25) is 0 Å². The van der Waals surface area contributed by atoms with E-state index in [1.807, 2.05) is 0 Å². The van der Waals surface area contributed by atoms with Crippen LogP contribution >= 0.6 is 0 Å². The van der Waals surface area contributed by atoms with E-state index in [1.54, 1.807) is 30.3 Å². The molecule has 96 valence electrons. The summed E-state index contributed by atoms with van der Waals surface area (Å²) in [7, 11) is 0. The van der Waals surface area contributed by atoms with Gasteiger partial charge in [-0.3, -0.25) is 0 Å². The summed E-state index contributed by atoms with van der Waals surface area (Å²) < 4.78 is 26.9. The molecule has 5 heteroatoms. The zero-order valence-electron chi connectivity index (χ0n) is 9.48. The highest BCUT2D eigenvalue weighted by molar-refractivity contribution is 5.88. The number of halogens is 2. The Hall–Kier alpha value is -1.72. The molecule has 18 heavy (non-hydrogen) atoms. The van der Waals surface area contributed by atoms with Gasteiger partial charge in [0.25, 0.3) is 5.92 Å². The number of hydrogen-bond acceptors (Lipinski definition) is 3. The highest BCUT2D eigenvalue weighted by Gasteiger charge is 2.39. The third-order valence-electron chi connectivity index (χ3n) is 2.92. The summed E-state index contributed by atoms with van der Waals surface area (Å²) in [6.07, 6.45) is 0. The fourth-order valence-corrected chi connectivity index (χ4v) is 1.92. The Labute approximate surface area is 102 Å². The van der Waals surface area contributed by atoms with Crippen LogP contribution in [0, 0.1) is 0 Å². The van der Waals surface area contributed by atoms with Crippen molar-refractivity contribution in [2.24, 2.45) is 5.73 Å². The largest absolute Gasteiger partial charge is 0.508 e. The topological polar surface area (TPSA) is 66.5 Å². The molecule has 2 aromatic carbocycles. The van der Waals surface area contributed by atoms with Gasteiger partial charge in [-0.2, -0.15) is 0 Å². The normalized spacial score (nSPS) is 13.8. The van der Waals surface area contributed by atoms with Crippen molar-refractivity contribution in [1.82, 2.24) is 0 Å². The number of rotatable bonds is 3. The molecular formula is C13H13F2NO2. The molecule has 0 saturated carbocycles. The lowest BCUT2D eigenvalue weighted by molar-refractivity contribution is -0.0712. The molecule has 0 aliphatic rings. The van der Waals surface area contributed by atoms with Crippen LogP contribution < -0.4 is 5.73 Å². The second-order valence-electron chi connectivity index (χ2n) is 4.12. The molecule has 0 fully saturated rings. The van der Waals surface area contributed by atoms with Crippen LogP contribution in [0.5, 0.6) is 5.75 Å². The summed E-state index contributed by atoms with van der Waals surface area (Å²) >= 11 is 0. The average molecular weight is 253 g/mol. The number of phenolic OH excluding ortho intramolecular Hbond substituents is 1. The number of benzene rings is 2. The summed E-state index contributed by atoms with van der Waals surface area (Å²) in [5.74, 6) is -3.78. The number of aromatic hydroxyl groups is 1. The SMILES string of the molecule is N[C@@H](c1c(O)ccc2ccccc12)C(F)(F)CO. The minimum Gasteiger partial charge on any atom is -0.508 e. The Bertz CT molecular complexity index is 572. The number of aliphatic hydroxyl groups excluding tert-OH is 1. The molecule has 2 aromatic rings. The maximum atomic E-state index is 13.5. The number of aliphatic hydroxyl groups is 1. The molecule has 0 radical (unpaired) electrons. The van der Waals surface area contributed by atoms with Crippen LogP contribution in [0.25, 0.3) is 10.8 Å². The molecule has 0 aromatic heterocycles. The first-order valence-electron chi connectivity index (χ1n) is 5.42. The molecule has 2 rings (SSSR count). The molecule has 0 heterocycles. The third-order valence-corrected chi connectivity index (χ3v) is 2.92. The molecule has 4 N–H and O–H groups in total. The molecule has 0 saturated heterocycles. The van der Waals surface area contributed by atoms with Crippen molar-refractivity contribution < 1.29 is 19.0 Å². The lowest BCUT2D eigenvalue weighted by atomic mass is 9.94. The van der Waals surface area contributed by atoms with E-state index in [0.717, 1.165) is 0 Å². The van der Waals surface area contributed by atoms with E-state index in [9.17, 15) is 13.9 Å². The summed E-state index contributed by atoms with van der Waals surface area (Å²) in [5, 5.41) is 19.6. The van der Waals surface area contributed by atoms with Crippen molar-refractivity contribution in [2.75, 3.05) is 6.61 Å². The molecular weight excluding hydrogens is 240 g/mol.